The molecule has 280 valence electrons. The van der Waals surface area contributed by atoms with Gasteiger partial charge in [-0.25, -0.2) is 15.3 Å². The molecule has 0 atom stereocenters. The molecule has 0 heterocycles. The summed E-state index contributed by atoms with van der Waals surface area (Å²) in [5.74, 6) is 0. The molecule has 13 heteroatoms. The third-order valence-corrected chi connectivity index (χ3v) is 22.1. The molecule has 0 aromatic rings. The molecule has 0 bridgehead atoms. The Labute approximate surface area is 313 Å². The topological polar surface area (TPSA) is 45.1 Å². The molecule has 0 radical (unpaired) electrons. The van der Waals surface area contributed by atoms with Gasteiger partial charge in [-0.3, -0.25) is 12.0 Å². The van der Waals surface area contributed by atoms with Crippen molar-refractivity contribution in [2.75, 3.05) is 0 Å². The largest absolute Gasteiger partial charge is 0.352 e. The van der Waals surface area contributed by atoms with Crippen molar-refractivity contribution < 1.29 is 33.0 Å². The molecule has 0 aliphatic heterocycles. The minimum Gasteiger partial charge on any atom is -0.276 e. The van der Waals surface area contributed by atoms with E-state index in [0.717, 1.165) is 0 Å². The maximum Gasteiger partial charge on any atom is 0.352 e. The Morgan fingerprint density at radius 2 is 0.457 bits per heavy atom. The maximum atomic E-state index is 3.57. The van der Waals surface area contributed by atoms with Crippen molar-refractivity contribution in [2.24, 2.45) is 0 Å². The van der Waals surface area contributed by atoms with Gasteiger partial charge in [-0.05, 0) is 184 Å². The average molecular weight is 937 g/mol. The SMILES string of the molecule is CC(C)(C)NP=[N+](C(C)(C)C)[Si](C)(C)C.CC(C)(C)NP=[N+](C(C)(C)C)[Si](C)(C)C.CC(C)(C)NP=[N+](C(C)(C)C)[Si](C)(C)C.[Pt]. The molecule has 0 fully saturated rings. The predicted molar refractivity (Wildman–Crippen MR) is 220 cm³/mol. The number of nitrogens with zero attached hydrogens (tertiary/aromatic N) is 3. The zero-order valence-electron chi connectivity index (χ0n) is 36.0. The Morgan fingerprint density at radius 1 is 0.326 bits per heavy atom. The van der Waals surface area contributed by atoms with E-state index in [0.29, 0.717) is 0 Å². The van der Waals surface area contributed by atoms with Gasteiger partial charge in [0.15, 0.2) is 0 Å². The van der Waals surface area contributed by atoms with Gasteiger partial charge in [-0.2, -0.15) is 0 Å². The van der Waals surface area contributed by atoms with Gasteiger partial charge in [0.1, 0.15) is 16.6 Å². The van der Waals surface area contributed by atoms with E-state index in [1.165, 1.54) is 25.6 Å². The van der Waals surface area contributed by atoms with Gasteiger partial charge in [-0.15, -0.1) is 0 Å². The van der Waals surface area contributed by atoms with E-state index in [4.69, 9.17) is 0 Å². The van der Waals surface area contributed by atoms with Crippen LogP contribution in [0.5, 0.6) is 0 Å². The van der Waals surface area contributed by atoms with Gasteiger partial charge >= 0.3 is 24.7 Å². The summed E-state index contributed by atoms with van der Waals surface area (Å²) in [4.78, 5) is 0. The second-order valence-electron chi connectivity index (χ2n) is 21.3. The Morgan fingerprint density at radius 3 is 0.522 bits per heavy atom. The van der Waals surface area contributed by atoms with Crippen LogP contribution in [-0.4, -0.2) is 69.9 Å². The fraction of sp³-hybridized carbons (Fsp3) is 1.00. The molecule has 0 saturated carbocycles. The first-order valence-electron chi connectivity index (χ1n) is 16.9. The van der Waals surface area contributed by atoms with Crippen molar-refractivity contribution in [1.82, 2.24) is 15.3 Å². The Kier molecular flexibility index (Phi) is 22.9. The van der Waals surface area contributed by atoms with E-state index < -0.39 is 24.7 Å². The van der Waals surface area contributed by atoms with Crippen LogP contribution in [0.4, 0.5) is 0 Å². The predicted octanol–water partition coefficient (Wildman–Crippen LogP) is 12.2. The second kappa shape index (κ2) is 19.4. The van der Waals surface area contributed by atoms with Crippen LogP contribution in [0, 0.1) is 0 Å². The molecular weight excluding hydrogens is 853 g/mol. The fourth-order valence-corrected chi connectivity index (χ4v) is 16.7. The Balaban J connectivity index is -0.000000285. The van der Waals surface area contributed by atoms with Crippen molar-refractivity contribution in [2.45, 2.75) is 217 Å². The molecule has 3 N–H and O–H groups in total. The summed E-state index contributed by atoms with van der Waals surface area (Å²) >= 11 is 0. The van der Waals surface area contributed by atoms with Gasteiger partial charge in [0.2, 0.25) is 0 Å². The summed E-state index contributed by atoms with van der Waals surface area (Å²) in [6.07, 6.45) is 0. The number of hydrogen-bond acceptors (Lipinski definition) is 0. The molecular formula is C33H84N6P3PtSi3+3. The van der Waals surface area contributed by atoms with Gasteiger partial charge < -0.3 is 0 Å². The average Bonchev–Trinajstić information content (AvgIpc) is 2.59. The summed E-state index contributed by atoms with van der Waals surface area (Å²) < 4.78 is 7.81. The van der Waals surface area contributed by atoms with E-state index in [2.05, 4.69) is 211 Å². The van der Waals surface area contributed by atoms with E-state index in [9.17, 15) is 0 Å². The molecule has 0 unspecified atom stereocenters. The minimum absolute atomic E-state index is 0. The second-order valence-corrected chi connectivity index (χ2v) is 39.3. The Hall–Kier alpha value is 1.52. The van der Waals surface area contributed by atoms with Crippen molar-refractivity contribution in [3.8, 4) is 0 Å². The van der Waals surface area contributed by atoms with Crippen molar-refractivity contribution in [1.29, 1.82) is 0 Å². The van der Waals surface area contributed by atoms with E-state index in [1.54, 1.807) is 0 Å². The number of hydrogen-bond donors (Lipinski definition) is 3. The van der Waals surface area contributed by atoms with Crippen LogP contribution < -0.4 is 15.3 Å². The fourth-order valence-electron chi connectivity index (χ4n) is 4.52. The summed E-state index contributed by atoms with van der Waals surface area (Å²) in [7, 11) is -0.0250. The van der Waals surface area contributed by atoms with Crippen LogP contribution in [-0.2, 0) is 21.1 Å². The summed E-state index contributed by atoms with van der Waals surface area (Å²) in [5, 5.41) is 10.7. The summed E-state index contributed by atoms with van der Waals surface area (Å²) in [6.45, 7) is 62.2. The van der Waals surface area contributed by atoms with Crippen molar-refractivity contribution >= 4 is 50.3 Å². The first-order chi connectivity index (χ1) is 19.0. The zero-order valence-corrected chi connectivity index (χ0v) is 44.0. The van der Waals surface area contributed by atoms with Crippen LogP contribution >= 0.6 is 25.6 Å². The first kappa shape index (κ1) is 54.3. The van der Waals surface area contributed by atoms with Crippen LogP contribution in [0.25, 0.3) is 0 Å². The maximum absolute atomic E-state index is 3.57. The minimum atomic E-state index is -1.26. The normalized spacial score (nSPS) is 15.3. The third kappa shape index (κ3) is 29.3. The van der Waals surface area contributed by atoms with E-state index >= 15 is 0 Å². The molecule has 0 aromatic heterocycles. The van der Waals surface area contributed by atoms with Gasteiger partial charge in [0.25, 0.3) is 25.6 Å². The number of rotatable bonds is 6. The van der Waals surface area contributed by atoms with Crippen LogP contribution in [0.15, 0.2) is 0 Å². The molecule has 0 aromatic carbocycles. The quantitative estimate of drug-likeness (QED) is 0.184. The number of nitrogens with one attached hydrogen (secondary N) is 3. The molecule has 0 spiro atoms. The van der Waals surface area contributed by atoms with Gasteiger partial charge in [0, 0.05) is 37.7 Å². The van der Waals surface area contributed by atoms with E-state index in [-0.39, 0.29) is 54.3 Å². The summed E-state index contributed by atoms with van der Waals surface area (Å²) in [5.41, 5.74) is 1.28. The van der Waals surface area contributed by atoms with Crippen molar-refractivity contribution in [3.63, 3.8) is 0 Å². The third-order valence-electron chi connectivity index (χ3n) is 5.27. The molecule has 0 aliphatic carbocycles. The zero-order chi connectivity index (χ0) is 37.5. The molecule has 0 amide bonds. The first-order valence-corrected chi connectivity index (χ1v) is 29.7. The molecule has 0 saturated heterocycles. The van der Waals surface area contributed by atoms with E-state index in [1.807, 2.05) is 0 Å². The van der Waals surface area contributed by atoms with Crippen LogP contribution in [0.3, 0.4) is 0 Å². The molecule has 0 rings (SSSR count). The summed E-state index contributed by atoms with van der Waals surface area (Å²) in [6, 6.07) is 0. The standard InChI is InChI=1S/3C11H27N2PSi.Pt/c3*1-10(2,3)12-14-13(11(4,5)6)15(7,8)9;/h3*1-9H3;/p+3. The smallest absolute Gasteiger partial charge is 0.276 e. The van der Waals surface area contributed by atoms with Crippen LogP contribution in [0.2, 0.25) is 58.9 Å². The molecule has 46 heavy (non-hydrogen) atoms. The molecule has 6 nitrogen and oxygen atoms in total. The molecule has 0 aliphatic rings. The van der Waals surface area contributed by atoms with Crippen molar-refractivity contribution in [3.05, 3.63) is 0 Å². The van der Waals surface area contributed by atoms with Crippen LogP contribution in [0.1, 0.15) is 125 Å². The van der Waals surface area contributed by atoms with Gasteiger partial charge in [-0.1, -0.05) is 0 Å². The monoisotopic (exact) mass is 936 g/mol. The van der Waals surface area contributed by atoms with Gasteiger partial charge in [0.05, 0.1) is 0 Å². The Bertz CT molecular complexity index is 810.